The van der Waals surface area contributed by atoms with Crippen LogP contribution in [0, 0.1) is 6.92 Å². The summed E-state index contributed by atoms with van der Waals surface area (Å²) in [6, 6.07) is 3.97. The van der Waals surface area contributed by atoms with Crippen molar-refractivity contribution in [3.05, 3.63) is 29.3 Å². The van der Waals surface area contributed by atoms with Crippen LogP contribution in [-0.4, -0.2) is 19.5 Å². The largest absolute Gasteiger partial charge is 0.478 e. The van der Waals surface area contributed by atoms with Crippen molar-refractivity contribution in [1.29, 1.82) is 0 Å². The van der Waals surface area contributed by atoms with Gasteiger partial charge in [-0.2, -0.15) is 0 Å². The first-order valence-electron chi connectivity index (χ1n) is 3.69. The van der Waals surface area contributed by atoms with Gasteiger partial charge in [0.1, 0.15) is 0 Å². The van der Waals surface area contributed by atoms with Gasteiger partial charge in [0.05, 0.1) is 10.5 Å². The number of hydrogen-bond acceptors (Lipinski definition) is 3. The van der Waals surface area contributed by atoms with Gasteiger partial charge in [-0.3, -0.25) is 0 Å². The minimum Gasteiger partial charge on any atom is -0.478 e. The van der Waals surface area contributed by atoms with E-state index in [1.165, 1.54) is 18.2 Å². The fourth-order valence-corrected chi connectivity index (χ4v) is 1.85. The Labute approximate surface area is 81.2 Å². The SMILES string of the molecule is Cc1ccc(C(=O)O)c(S(N)(=O)=O)c1. The van der Waals surface area contributed by atoms with Crippen molar-refractivity contribution in [2.24, 2.45) is 5.14 Å². The van der Waals surface area contributed by atoms with Crippen molar-refractivity contribution in [3.63, 3.8) is 0 Å². The molecular weight excluding hydrogens is 206 g/mol. The lowest BCUT2D eigenvalue weighted by molar-refractivity contribution is 0.0692. The van der Waals surface area contributed by atoms with Gasteiger partial charge >= 0.3 is 5.97 Å². The Balaban J connectivity index is 3.54. The van der Waals surface area contributed by atoms with Crippen molar-refractivity contribution in [2.45, 2.75) is 11.8 Å². The Kier molecular flexibility index (Phi) is 2.59. The quantitative estimate of drug-likeness (QED) is 0.743. The Hall–Kier alpha value is -1.40. The molecule has 5 nitrogen and oxygen atoms in total. The standard InChI is InChI=1S/C8H9NO4S/c1-5-2-3-6(8(10)11)7(4-5)14(9,12)13/h2-4H,1H3,(H,10,11)(H2,9,12,13). The number of hydrogen-bond donors (Lipinski definition) is 2. The van der Waals surface area contributed by atoms with E-state index in [4.69, 9.17) is 10.2 Å². The van der Waals surface area contributed by atoms with E-state index >= 15 is 0 Å². The Bertz CT molecular complexity index is 478. The predicted octanol–water partition coefficient (Wildman–Crippen LogP) is 0.341. The summed E-state index contributed by atoms with van der Waals surface area (Å²) in [6.45, 7) is 1.65. The number of carboxylic acids is 1. The average molecular weight is 215 g/mol. The van der Waals surface area contributed by atoms with E-state index in [0.29, 0.717) is 5.56 Å². The molecule has 0 aromatic heterocycles. The normalized spacial score (nSPS) is 11.3. The molecule has 0 aliphatic carbocycles. The van der Waals surface area contributed by atoms with Gasteiger partial charge in [0.15, 0.2) is 0 Å². The molecule has 0 atom stereocenters. The van der Waals surface area contributed by atoms with E-state index in [-0.39, 0.29) is 10.5 Å². The van der Waals surface area contributed by atoms with E-state index in [9.17, 15) is 13.2 Å². The minimum atomic E-state index is -3.98. The Morgan fingerprint density at radius 3 is 2.43 bits per heavy atom. The van der Waals surface area contributed by atoms with Crippen LogP contribution in [0.4, 0.5) is 0 Å². The molecular formula is C8H9NO4S. The maximum absolute atomic E-state index is 11.0. The number of rotatable bonds is 2. The lowest BCUT2D eigenvalue weighted by Gasteiger charge is -2.04. The summed E-state index contributed by atoms with van der Waals surface area (Å²) in [6.07, 6.45) is 0. The van der Waals surface area contributed by atoms with Crippen LogP contribution in [-0.2, 0) is 10.0 Å². The molecule has 1 aromatic rings. The molecule has 0 fully saturated rings. The molecule has 0 unspecified atom stereocenters. The summed E-state index contributed by atoms with van der Waals surface area (Å²) in [5, 5.41) is 13.6. The molecule has 76 valence electrons. The number of primary sulfonamides is 1. The van der Waals surface area contributed by atoms with Crippen LogP contribution in [0.1, 0.15) is 15.9 Å². The first kappa shape index (κ1) is 10.7. The minimum absolute atomic E-state index is 0.307. The molecule has 0 saturated carbocycles. The zero-order valence-electron chi connectivity index (χ0n) is 7.39. The van der Waals surface area contributed by atoms with Gasteiger partial charge in [-0.15, -0.1) is 0 Å². The second-order valence-electron chi connectivity index (χ2n) is 2.85. The molecule has 1 rings (SSSR count). The second-order valence-corrected chi connectivity index (χ2v) is 4.38. The topological polar surface area (TPSA) is 97.5 Å². The number of sulfonamides is 1. The van der Waals surface area contributed by atoms with Gasteiger partial charge in [-0.1, -0.05) is 6.07 Å². The van der Waals surface area contributed by atoms with E-state index in [0.717, 1.165) is 0 Å². The third-order valence-corrected chi connectivity index (χ3v) is 2.62. The van der Waals surface area contributed by atoms with Crippen molar-refractivity contribution < 1.29 is 18.3 Å². The molecule has 3 N–H and O–H groups in total. The highest BCUT2D eigenvalue weighted by atomic mass is 32.2. The van der Waals surface area contributed by atoms with E-state index < -0.39 is 16.0 Å². The summed E-state index contributed by atoms with van der Waals surface area (Å²) < 4.78 is 22.0. The highest BCUT2D eigenvalue weighted by Gasteiger charge is 2.18. The predicted molar refractivity (Wildman–Crippen MR) is 49.5 cm³/mol. The molecule has 0 aliphatic heterocycles. The maximum Gasteiger partial charge on any atom is 0.337 e. The van der Waals surface area contributed by atoms with Crippen molar-refractivity contribution in [2.75, 3.05) is 0 Å². The summed E-state index contributed by atoms with van der Waals surface area (Å²) in [4.78, 5) is 10.3. The average Bonchev–Trinajstić information content (AvgIpc) is 2.01. The fourth-order valence-electron chi connectivity index (χ4n) is 1.04. The molecule has 14 heavy (non-hydrogen) atoms. The van der Waals surface area contributed by atoms with E-state index in [1.54, 1.807) is 6.92 Å². The number of aromatic carboxylic acids is 1. The summed E-state index contributed by atoms with van der Waals surface area (Å²) in [5.41, 5.74) is 0.331. The van der Waals surface area contributed by atoms with Gasteiger partial charge < -0.3 is 5.11 Å². The van der Waals surface area contributed by atoms with Gasteiger partial charge in [0, 0.05) is 0 Å². The first-order valence-corrected chi connectivity index (χ1v) is 5.24. The molecule has 0 amide bonds. The number of carbonyl (C=O) groups is 1. The molecule has 0 spiro atoms. The van der Waals surface area contributed by atoms with Gasteiger partial charge in [-0.05, 0) is 24.6 Å². The molecule has 6 heteroatoms. The lowest BCUT2D eigenvalue weighted by atomic mass is 10.1. The van der Waals surface area contributed by atoms with E-state index in [2.05, 4.69) is 0 Å². The van der Waals surface area contributed by atoms with Crippen LogP contribution in [0.15, 0.2) is 23.1 Å². The second kappa shape index (κ2) is 3.39. The highest BCUT2D eigenvalue weighted by Crippen LogP contribution is 2.15. The summed E-state index contributed by atoms with van der Waals surface area (Å²) >= 11 is 0. The lowest BCUT2D eigenvalue weighted by Crippen LogP contribution is -2.16. The number of aryl methyl sites for hydroxylation is 1. The van der Waals surface area contributed by atoms with Crippen molar-refractivity contribution >= 4 is 16.0 Å². The van der Waals surface area contributed by atoms with Gasteiger partial charge in [-0.25, -0.2) is 18.4 Å². The first-order chi connectivity index (χ1) is 6.32. The molecule has 1 aromatic carbocycles. The zero-order chi connectivity index (χ0) is 10.9. The zero-order valence-corrected chi connectivity index (χ0v) is 8.21. The fraction of sp³-hybridized carbons (Fsp3) is 0.125. The van der Waals surface area contributed by atoms with Crippen LogP contribution in [0.5, 0.6) is 0 Å². The number of nitrogens with two attached hydrogens (primary N) is 1. The van der Waals surface area contributed by atoms with Crippen LogP contribution >= 0.6 is 0 Å². The van der Waals surface area contributed by atoms with Crippen molar-refractivity contribution in [3.8, 4) is 0 Å². The summed E-state index contributed by atoms with van der Waals surface area (Å²) in [5.74, 6) is -1.31. The van der Waals surface area contributed by atoms with Crippen molar-refractivity contribution in [1.82, 2.24) is 0 Å². The van der Waals surface area contributed by atoms with E-state index in [1.807, 2.05) is 0 Å². The van der Waals surface area contributed by atoms with Crippen LogP contribution in [0.25, 0.3) is 0 Å². The smallest absolute Gasteiger partial charge is 0.337 e. The molecule has 0 heterocycles. The maximum atomic E-state index is 11.0. The third-order valence-electron chi connectivity index (χ3n) is 1.67. The van der Waals surface area contributed by atoms with Gasteiger partial charge in [0.2, 0.25) is 10.0 Å². The molecule has 0 saturated heterocycles. The molecule has 0 aliphatic rings. The Morgan fingerprint density at radius 1 is 1.43 bits per heavy atom. The molecule has 0 bridgehead atoms. The monoisotopic (exact) mass is 215 g/mol. The molecule has 0 radical (unpaired) electrons. The van der Waals surface area contributed by atoms with Crippen LogP contribution in [0.2, 0.25) is 0 Å². The summed E-state index contributed by atoms with van der Waals surface area (Å²) in [7, 11) is -3.98. The van der Waals surface area contributed by atoms with Gasteiger partial charge in [0.25, 0.3) is 0 Å². The Morgan fingerprint density at radius 2 is 2.00 bits per heavy atom. The van der Waals surface area contributed by atoms with Crippen LogP contribution in [0.3, 0.4) is 0 Å². The number of benzene rings is 1. The third kappa shape index (κ3) is 2.09. The number of carboxylic acid groups (broad SMARTS) is 1. The highest BCUT2D eigenvalue weighted by molar-refractivity contribution is 7.89. The van der Waals surface area contributed by atoms with Crippen LogP contribution < -0.4 is 5.14 Å².